The van der Waals surface area contributed by atoms with Gasteiger partial charge in [0, 0.05) is 6.04 Å². The average molecular weight is 250 g/mol. The van der Waals surface area contributed by atoms with Crippen LogP contribution in [-0.4, -0.2) is 5.11 Å². The summed E-state index contributed by atoms with van der Waals surface area (Å²) < 4.78 is 0. The van der Waals surface area contributed by atoms with Crippen molar-refractivity contribution >= 4 is 12.4 Å². The van der Waals surface area contributed by atoms with Gasteiger partial charge >= 0.3 is 0 Å². The van der Waals surface area contributed by atoms with E-state index in [4.69, 9.17) is 5.73 Å². The number of phenolic OH excluding ortho intramolecular Hbond substituents is 1. The van der Waals surface area contributed by atoms with Crippen molar-refractivity contribution in [1.82, 2.24) is 0 Å². The Balaban J connectivity index is 0.00000144. The summed E-state index contributed by atoms with van der Waals surface area (Å²) in [7, 11) is 0. The number of halogens is 1. The predicted molar refractivity (Wildman–Crippen MR) is 72.4 cm³/mol. The standard InChI is InChI=1S/C14H15NO.ClH/c15-14(12-6-2-1-3-7-12)10-11-5-4-8-13(16)9-11;/h1-9,14,16H,10,15H2;1H. The van der Waals surface area contributed by atoms with E-state index in [-0.39, 0.29) is 24.2 Å². The van der Waals surface area contributed by atoms with E-state index in [1.54, 1.807) is 12.1 Å². The monoisotopic (exact) mass is 249 g/mol. The summed E-state index contributed by atoms with van der Waals surface area (Å²) in [6.07, 6.45) is 0.735. The Morgan fingerprint density at radius 2 is 1.71 bits per heavy atom. The minimum atomic E-state index is -0.0250. The van der Waals surface area contributed by atoms with Crippen LogP contribution < -0.4 is 5.73 Å². The molecule has 2 aromatic carbocycles. The maximum atomic E-state index is 9.36. The van der Waals surface area contributed by atoms with E-state index in [1.165, 1.54) is 0 Å². The summed E-state index contributed by atoms with van der Waals surface area (Å²) in [5, 5.41) is 9.36. The van der Waals surface area contributed by atoms with Gasteiger partial charge in [-0.25, -0.2) is 0 Å². The van der Waals surface area contributed by atoms with Gasteiger partial charge in [0.05, 0.1) is 0 Å². The number of aromatic hydroxyl groups is 1. The van der Waals surface area contributed by atoms with Crippen molar-refractivity contribution < 1.29 is 5.11 Å². The number of rotatable bonds is 3. The van der Waals surface area contributed by atoms with Gasteiger partial charge in [0.1, 0.15) is 5.75 Å². The lowest BCUT2D eigenvalue weighted by Gasteiger charge is -2.12. The molecule has 0 bridgehead atoms. The molecule has 3 heteroatoms. The molecule has 0 aromatic heterocycles. The van der Waals surface area contributed by atoms with Crippen LogP contribution in [0.25, 0.3) is 0 Å². The average Bonchev–Trinajstić information content (AvgIpc) is 2.30. The number of benzene rings is 2. The third-order valence-electron chi connectivity index (χ3n) is 2.59. The van der Waals surface area contributed by atoms with E-state index < -0.39 is 0 Å². The predicted octanol–water partition coefficient (Wildman–Crippen LogP) is 3.06. The minimum Gasteiger partial charge on any atom is -0.508 e. The van der Waals surface area contributed by atoms with Crippen LogP contribution in [0.15, 0.2) is 54.6 Å². The molecule has 0 saturated heterocycles. The van der Waals surface area contributed by atoms with Gasteiger partial charge in [-0.1, -0.05) is 42.5 Å². The maximum absolute atomic E-state index is 9.36. The van der Waals surface area contributed by atoms with Gasteiger partial charge in [0.25, 0.3) is 0 Å². The fourth-order valence-electron chi connectivity index (χ4n) is 1.76. The Labute approximate surface area is 108 Å². The molecule has 0 amide bonds. The highest BCUT2D eigenvalue weighted by Gasteiger charge is 2.06. The Kier molecular flexibility index (Phi) is 5.01. The zero-order valence-electron chi connectivity index (χ0n) is 9.41. The fraction of sp³-hybridized carbons (Fsp3) is 0.143. The highest BCUT2D eigenvalue weighted by Crippen LogP contribution is 2.18. The molecular formula is C14H16ClNO. The summed E-state index contributed by atoms with van der Waals surface area (Å²) in [4.78, 5) is 0. The molecule has 0 saturated carbocycles. The number of phenols is 1. The van der Waals surface area contributed by atoms with E-state index in [2.05, 4.69) is 0 Å². The molecule has 17 heavy (non-hydrogen) atoms. The molecular weight excluding hydrogens is 234 g/mol. The van der Waals surface area contributed by atoms with Crippen molar-refractivity contribution in [2.75, 3.05) is 0 Å². The first kappa shape index (κ1) is 13.6. The van der Waals surface area contributed by atoms with E-state index in [1.807, 2.05) is 42.5 Å². The molecule has 90 valence electrons. The summed E-state index contributed by atoms with van der Waals surface area (Å²) in [5.74, 6) is 0.290. The third-order valence-corrected chi connectivity index (χ3v) is 2.59. The first-order valence-corrected chi connectivity index (χ1v) is 5.34. The second kappa shape index (κ2) is 6.28. The van der Waals surface area contributed by atoms with Crippen molar-refractivity contribution in [3.63, 3.8) is 0 Å². The molecule has 0 aliphatic heterocycles. The lowest BCUT2D eigenvalue weighted by atomic mass is 10.00. The Bertz CT molecular complexity index is 459. The SMILES string of the molecule is Cl.NC(Cc1cccc(O)c1)c1ccccc1. The quantitative estimate of drug-likeness (QED) is 0.878. The number of hydrogen-bond acceptors (Lipinski definition) is 2. The van der Waals surface area contributed by atoms with Crippen LogP contribution in [0.2, 0.25) is 0 Å². The van der Waals surface area contributed by atoms with Crippen LogP contribution in [0.5, 0.6) is 5.75 Å². The molecule has 1 atom stereocenters. The molecule has 0 radical (unpaired) electrons. The highest BCUT2D eigenvalue weighted by molar-refractivity contribution is 5.85. The molecule has 0 fully saturated rings. The number of hydrogen-bond donors (Lipinski definition) is 2. The smallest absolute Gasteiger partial charge is 0.115 e. The molecule has 2 rings (SSSR count). The highest BCUT2D eigenvalue weighted by atomic mass is 35.5. The van der Waals surface area contributed by atoms with E-state index in [9.17, 15) is 5.11 Å². The normalized spacial score (nSPS) is 11.6. The van der Waals surface area contributed by atoms with E-state index in [0.29, 0.717) is 0 Å². The largest absolute Gasteiger partial charge is 0.508 e. The van der Waals surface area contributed by atoms with Crippen LogP contribution in [0, 0.1) is 0 Å². The van der Waals surface area contributed by atoms with Gasteiger partial charge in [-0.15, -0.1) is 12.4 Å². The summed E-state index contributed by atoms with van der Waals surface area (Å²) in [6.45, 7) is 0. The first-order valence-electron chi connectivity index (χ1n) is 5.34. The fourth-order valence-corrected chi connectivity index (χ4v) is 1.76. The first-order chi connectivity index (χ1) is 7.75. The zero-order valence-corrected chi connectivity index (χ0v) is 10.2. The Hall–Kier alpha value is -1.51. The molecule has 3 N–H and O–H groups in total. The van der Waals surface area contributed by atoms with E-state index >= 15 is 0 Å². The van der Waals surface area contributed by atoms with Crippen molar-refractivity contribution in [1.29, 1.82) is 0 Å². The molecule has 0 aliphatic carbocycles. The van der Waals surface area contributed by atoms with Crippen LogP contribution in [0.3, 0.4) is 0 Å². The third kappa shape index (κ3) is 3.77. The van der Waals surface area contributed by atoms with Crippen molar-refractivity contribution in [3.05, 3.63) is 65.7 Å². The van der Waals surface area contributed by atoms with Crippen LogP contribution >= 0.6 is 12.4 Å². The Morgan fingerprint density at radius 1 is 1.00 bits per heavy atom. The van der Waals surface area contributed by atoms with Gasteiger partial charge in [-0.3, -0.25) is 0 Å². The summed E-state index contributed by atoms with van der Waals surface area (Å²) in [5.41, 5.74) is 8.26. The van der Waals surface area contributed by atoms with Gasteiger partial charge in [0.15, 0.2) is 0 Å². The van der Waals surface area contributed by atoms with Gasteiger partial charge in [-0.05, 0) is 29.7 Å². The zero-order chi connectivity index (χ0) is 11.4. The van der Waals surface area contributed by atoms with Gasteiger partial charge in [0.2, 0.25) is 0 Å². The van der Waals surface area contributed by atoms with Gasteiger partial charge in [-0.2, -0.15) is 0 Å². The van der Waals surface area contributed by atoms with E-state index in [0.717, 1.165) is 17.5 Å². The maximum Gasteiger partial charge on any atom is 0.115 e. The molecule has 0 spiro atoms. The summed E-state index contributed by atoms with van der Waals surface area (Å²) >= 11 is 0. The summed E-state index contributed by atoms with van der Waals surface area (Å²) in [6, 6.07) is 17.2. The molecule has 0 heterocycles. The lowest BCUT2D eigenvalue weighted by molar-refractivity contribution is 0.474. The van der Waals surface area contributed by atoms with Gasteiger partial charge < -0.3 is 10.8 Å². The molecule has 2 aromatic rings. The number of nitrogens with two attached hydrogens (primary N) is 1. The second-order valence-electron chi connectivity index (χ2n) is 3.89. The molecule has 1 unspecified atom stereocenters. The second-order valence-corrected chi connectivity index (χ2v) is 3.89. The van der Waals surface area contributed by atoms with Crippen LogP contribution in [-0.2, 0) is 6.42 Å². The minimum absolute atomic E-state index is 0. The van der Waals surface area contributed by atoms with Crippen LogP contribution in [0.1, 0.15) is 17.2 Å². The van der Waals surface area contributed by atoms with Crippen molar-refractivity contribution in [3.8, 4) is 5.75 Å². The van der Waals surface area contributed by atoms with Crippen LogP contribution in [0.4, 0.5) is 0 Å². The Morgan fingerprint density at radius 3 is 2.35 bits per heavy atom. The van der Waals surface area contributed by atoms with Crippen molar-refractivity contribution in [2.45, 2.75) is 12.5 Å². The topological polar surface area (TPSA) is 46.2 Å². The lowest BCUT2D eigenvalue weighted by Crippen LogP contribution is -2.12. The molecule has 0 aliphatic rings. The molecule has 2 nitrogen and oxygen atoms in total. The van der Waals surface area contributed by atoms with Crippen molar-refractivity contribution in [2.24, 2.45) is 5.73 Å².